The van der Waals surface area contributed by atoms with Crippen molar-refractivity contribution in [1.82, 2.24) is 0 Å². The predicted molar refractivity (Wildman–Crippen MR) is 79.5 cm³/mol. The zero-order chi connectivity index (χ0) is 14.7. The molecule has 2 rings (SSSR count). The van der Waals surface area contributed by atoms with E-state index in [9.17, 15) is 9.18 Å². The molecule has 4 nitrogen and oxygen atoms in total. The van der Waals surface area contributed by atoms with E-state index >= 15 is 0 Å². The van der Waals surface area contributed by atoms with Gasteiger partial charge in [-0.2, -0.15) is 0 Å². The number of methoxy groups -OCH3 is 1. The number of nitrogens with one attached hydrogen (secondary N) is 1. The second-order valence-corrected chi connectivity index (χ2v) is 4.80. The third kappa shape index (κ3) is 2.91. The van der Waals surface area contributed by atoms with Gasteiger partial charge < -0.3 is 15.8 Å². The lowest BCUT2D eigenvalue weighted by atomic mass is 10.2. The summed E-state index contributed by atoms with van der Waals surface area (Å²) in [7, 11) is 1.47. The Morgan fingerprint density at radius 1 is 1.35 bits per heavy atom. The summed E-state index contributed by atoms with van der Waals surface area (Å²) >= 11 is 3.24. The Hall–Kier alpha value is -2.08. The van der Waals surface area contributed by atoms with Crippen molar-refractivity contribution in [1.29, 1.82) is 0 Å². The first kappa shape index (κ1) is 14.3. The number of benzene rings is 2. The second-order valence-electron chi connectivity index (χ2n) is 4.01. The fourth-order valence-corrected chi connectivity index (χ4v) is 2.09. The summed E-state index contributed by atoms with van der Waals surface area (Å²) in [6, 6.07) is 9.01. The first-order valence-corrected chi connectivity index (χ1v) is 6.51. The van der Waals surface area contributed by atoms with Crippen LogP contribution in [0.3, 0.4) is 0 Å². The zero-order valence-electron chi connectivity index (χ0n) is 10.6. The van der Waals surface area contributed by atoms with E-state index in [-0.39, 0.29) is 5.69 Å². The summed E-state index contributed by atoms with van der Waals surface area (Å²) in [6.07, 6.45) is 0. The van der Waals surface area contributed by atoms with E-state index in [1.54, 1.807) is 18.2 Å². The minimum absolute atomic E-state index is 0.0451. The molecule has 20 heavy (non-hydrogen) atoms. The maximum Gasteiger partial charge on any atom is 0.256 e. The molecule has 0 radical (unpaired) electrons. The first-order chi connectivity index (χ1) is 9.52. The third-order valence-electron chi connectivity index (χ3n) is 2.69. The van der Waals surface area contributed by atoms with Crippen LogP contribution in [0.5, 0.6) is 5.75 Å². The lowest BCUT2D eigenvalue weighted by Gasteiger charge is -2.10. The number of hydrogen-bond donors (Lipinski definition) is 2. The molecule has 0 aliphatic carbocycles. The molecule has 6 heteroatoms. The van der Waals surface area contributed by atoms with Gasteiger partial charge in [-0.1, -0.05) is 6.07 Å². The van der Waals surface area contributed by atoms with Crippen LogP contribution in [0.4, 0.5) is 15.8 Å². The molecule has 2 aromatic carbocycles. The van der Waals surface area contributed by atoms with E-state index in [1.807, 2.05) is 0 Å². The fraction of sp³-hybridized carbons (Fsp3) is 0.0714. The van der Waals surface area contributed by atoms with Gasteiger partial charge >= 0.3 is 0 Å². The molecule has 0 saturated carbocycles. The van der Waals surface area contributed by atoms with Crippen LogP contribution in [0.15, 0.2) is 40.9 Å². The molecule has 0 aromatic heterocycles. The summed E-state index contributed by atoms with van der Waals surface area (Å²) in [5.41, 5.74) is 6.51. The van der Waals surface area contributed by atoms with Crippen LogP contribution in [-0.4, -0.2) is 13.0 Å². The van der Waals surface area contributed by atoms with Crippen molar-refractivity contribution in [3.8, 4) is 5.75 Å². The Bertz CT molecular complexity index is 662. The minimum Gasteiger partial charge on any atom is -0.497 e. The van der Waals surface area contributed by atoms with Crippen molar-refractivity contribution in [2.24, 2.45) is 0 Å². The van der Waals surface area contributed by atoms with E-state index in [4.69, 9.17) is 10.5 Å². The van der Waals surface area contributed by atoms with E-state index in [0.29, 0.717) is 21.5 Å². The summed E-state index contributed by atoms with van der Waals surface area (Å²) in [4.78, 5) is 12.1. The summed E-state index contributed by atoms with van der Waals surface area (Å²) < 4.78 is 19.1. The second kappa shape index (κ2) is 5.92. The van der Waals surface area contributed by atoms with Crippen molar-refractivity contribution in [2.45, 2.75) is 0 Å². The topological polar surface area (TPSA) is 64.3 Å². The van der Waals surface area contributed by atoms with Gasteiger partial charge in [-0.05, 0) is 40.2 Å². The normalized spacial score (nSPS) is 10.2. The number of nitrogen functional groups attached to an aromatic ring is 1. The number of nitrogens with two attached hydrogens (primary N) is 1. The average molecular weight is 339 g/mol. The number of hydrogen-bond acceptors (Lipinski definition) is 3. The highest BCUT2D eigenvalue weighted by atomic mass is 79.9. The van der Waals surface area contributed by atoms with E-state index in [1.165, 1.54) is 25.3 Å². The molecule has 2 aromatic rings. The van der Waals surface area contributed by atoms with Crippen LogP contribution in [-0.2, 0) is 0 Å². The Balaban J connectivity index is 2.30. The van der Waals surface area contributed by atoms with Crippen molar-refractivity contribution >= 4 is 33.2 Å². The molecular weight excluding hydrogens is 327 g/mol. The number of ether oxygens (including phenoxy) is 1. The molecule has 3 N–H and O–H groups in total. The molecule has 0 aliphatic rings. The van der Waals surface area contributed by atoms with Gasteiger partial charge in [0.15, 0.2) is 0 Å². The Morgan fingerprint density at radius 3 is 2.80 bits per heavy atom. The first-order valence-electron chi connectivity index (χ1n) is 5.72. The van der Waals surface area contributed by atoms with Gasteiger partial charge in [-0.15, -0.1) is 0 Å². The Morgan fingerprint density at radius 2 is 2.10 bits per heavy atom. The van der Waals surface area contributed by atoms with Crippen molar-refractivity contribution in [3.05, 3.63) is 52.3 Å². The number of anilines is 2. The summed E-state index contributed by atoms with van der Waals surface area (Å²) in [6.45, 7) is 0. The van der Waals surface area contributed by atoms with Crippen LogP contribution in [0.1, 0.15) is 10.4 Å². The molecular formula is C14H12BrFN2O2. The van der Waals surface area contributed by atoms with E-state index in [2.05, 4.69) is 21.2 Å². The van der Waals surface area contributed by atoms with Gasteiger partial charge in [0.05, 0.1) is 22.8 Å². The van der Waals surface area contributed by atoms with Gasteiger partial charge in [-0.3, -0.25) is 4.79 Å². The van der Waals surface area contributed by atoms with Crippen LogP contribution >= 0.6 is 15.9 Å². The molecule has 1 amide bonds. The number of amides is 1. The quantitative estimate of drug-likeness (QED) is 0.842. The number of carbonyl (C=O) groups excluding carboxylic acids is 1. The zero-order valence-corrected chi connectivity index (χ0v) is 12.2. The molecule has 0 atom stereocenters. The Kier molecular flexibility index (Phi) is 4.24. The van der Waals surface area contributed by atoms with Crippen molar-refractivity contribution in [2.75, 3.05) is 18.2 Å². The van der Waals surface area contributed by atoms with Gasteiger partial charge in [0.2, 0.25) is 0 Å². The highest BCUT2D eigenvalue weighted by molar-refractivity contribution is 9.10. The molecule has 0 unspecified atom stereocenters. The third-order valence-corrected chi connectivity index (χ3v) is 3.58. The standard InChI is InChI=1S/C14H12BrFN2O2/c1-20-8-5-6-10(16)12(7-8)18-14(19)9-3-2-4-11(17)13(9)15/h2-7H,17H2,1H3,(H,18,19). The van der Waals surface area contributed by atoms with Gasteiger partial charge in [-0.25, -0.2) is 4.39 Å². The lowest BCUT2D eigenvalue weighted by molar-refractivity contribution is 0.102. The largest absolute Gasteiger partial charge is 0.497 e. The fourth-order valence-electron chi connectivity index (χ4n) is 1.64. The van der Waals surface area contributed by atoms with Crippen molar-refractivity contribution < 1.29 is 13.9 Å². The highest BCUT2D eigenvalue weighted by Crippen LogP contribution is 2.26. The maximum atomic E-state index is 13.7. The molecule has 0 bridgehead atoms. The molecule has 0 saturated heterocycles. The molecule has 0 heterocycles. The van der Waals surface area contributed by atoms with Crippen LogP contribution in [0.25, 0.3) is 0 Å². The van der Waals surface area contributed by atoms with Crippen LogP contribution < -0.4 is 15.8 Å². The van der Waals surface area contributed by atoms with Gasteiger partial charge in [0.1, 0.15) is 11.6 Å². The van der Waals surface area contributed by atoms with Crippen molar-refractivity contribution in [3.63, 3.8) is 0 Å². The number of rotatable bonds is 3. The van der Waals surface area contributed by atoms with Gasteiger partial charge in [0, 0.05) is 11.8 Å². The van der Waals surface area contributed by atoms with E-state index in [0.717, 1.165) is 0 Å². The summed E-state index contributed by atoms with van der Waals surface area (Å²) in [5.74, 6) is -0.552. The molecule has 0 fully saturated rings. The number of halogens is 2. The van der Waals surface area contributed by atoms with Crippen LogP contribution in [0.2, 0.25) is 0 Å². The highest BCUT2D eigenvalue weighted by Gasteiger charge is 2.14. The average Bonchev–Trinajstić information content (AvgIpc) is 2.44. The molecule has 0 spiro atoms. The number of carbonyl (C=O) groups is 1. The Labute approximate surface area is 123 Å². The minimum atomic E-state index is -0.542. The van der Waals surface area contributed by atoms with E-state index < -0.39 is 11.7 Å². The lowest BCUT2D eigenvalue weighted by Crippen LogP contribution is -2.14. The maximum absolute atomic E-state index is 13.7. The SMILES string of the molecule is COc1ccc(F)c(NC(=O)c2cccc(N)c2Br)c1. The monoisotopic (exact) mass is 338 g/mol. The molecule has 104 valence electrons. The van der Waals surface area contributed by atoms with Crippen LogP contribution in [0, 0.1) is 5.82 Å². The van der Waals surface area contributed by atoms with Gasteiger partial charge in [0.25, 0.3) is 5.91 Å². The predicted octanol–water partition coefficient (Wildman–Crippen LogP) is 3.43. The smallest absolute Gasteiger partial charge is 0.256 e. The summed E-state index contributed by atoms with van der Waals surface area (Å²) in [5, 5.41) is 2.49. The molecule has 0 aliphatic heterocycles.